The Morgan fingerprint density at radius 1 is 0.933 bits per heavy atom. The standard InChI is InChI=1S/C23H17N5OS/c29-19-7-10-25-18-12-17(13-5-8-24-9-6-13)27-22(21(18)19)26-15-3-4-16-20(11-15)30-23(28-16)14-1-2-14/h3-12,14H,1-2H2,(H,25,29)(H,26,27). The van der Waals surface area contributed by atoms with E-state index in [1.165, 1.54) is 17.8 Å². The van der Waals surface area contributed by atoms with Crippen LogP contribution in [0.4, 0.5) is 11.5 Å². The maximum Gasteiger partial charge on any atom is 0.144 e. The predicted molar refractivity (Wildman–Crippen MR) is 119 cm³/mol. The lowest BCUT2D eigenvalue weighted by Crippen LogP contribution is -1.98. The van der Waals surface area contributed by atoms with Crippen LogP contribution >= 0.6 is 11.3 Å². The van der Waals surface area contributed by atoms with E-state index in [0.717, 1.165) is 27.2 Å². The highest BCUT2D eigenvalue weighted by Gasteiger charge is 2.27. The van der Waals surface area contributed by atoms with Crippen LogP contribution in [0.1, 0.15) is 23.8 Å². The first-order chi connectivity index (χ1) is 14.7. The number of pyridine rings is 3. The van der Waals surface area contributed by atoms with E-state index in [0.29, 0.717) is 22.6 Å². The Kier molecular flexibility index (Phi) is 3.89. The highest BCUT2D eigenvalue weighted by molar-refractivity contribution is 7.18. The van der Waals surface area contributed by atoms with Crippen LogP contribution in [0.25, 0.3) is 32.4 Å². The van der Waals surface area contributed by atoms with Crippen molar-refractivity contribution in [2.75, 3.05) is 5.32 Å². The van der Waals surface area contributed by atoms with Crippen molar-refractivity contribution in [1.82, 2.24) is 19.9 Å². The van der Waals surface area contributed by atoms with Gasteiger partial charge in [-0.1, -0.05) is 0 Å². The normalized spacial score (nSPS) is 13.7. The Hall–Kier alpha value is -3.58. The van der Waals surface area contributed by atoms with Gasteiger partial charge in [-0.25, -0.2) is 9.97 Å². The van der Waals surface area contributed by atoms with Crippen molar-refractivity contribution < 1.29 is 5.11 Å². The summed E-state index contributed by atoms with van der Waals surface area (Å²) in [6, 6.07) is 13.4. The van der Waals surface area contributed by atoms with Gasteiger partial charge in [0, 0.05) is 35.8 Å². The van der Waals surface area contributed by atoms with Crippen molar-refractivity contribution in [3.05, 3.63) is 66.1 Å². The van der Waals surface area contributed by atoms with Crippen molar-refractivity contribution in [3.63, 3.8) is 0 Å². The van der Waals surface area contributed by atoms with E-state index in [1.54, 1.807) is 36.0 Å². The molecule has 30 heavy (non-hydrogen) atoms. The molecular weight excluding hydrogens is 394 g/mol. The Morgan fingerprint density at radius 3 is 2.63 bits per heavy atom. The zero-order valence-electron chi connectivity index (χ0n) is 15.9. The van der Waals surface area contributed by atoms with Crippen molar-refractivity contribution >= 4 is 44.0 Å². The van der Waals surface area contributed by atoms with E-state index in [1.807, 2.05) is 30.3 Å². The van der Waals surface area contributed by atoms with Crippen molar-refractivity contribution in [3.8, 4) is 17.0 Å². The van der Waals surface area contributed by atoms with Gasteiger partial charge in [0.25, 0.3) is 0 Å². The number of benzene rings is 1. The quantitative estimate of drug-likeness (QED) is 0.399. The molecule has 4 aromatic heterocycles. The molecule has 6 rings (SSSR count). The molecule has 1 aliphatic carbocycles. The van der Waals surface area contributed by atoms with Crippen LogP contribution in [0.15, 0.2) is 61.1 Å². The third-order valence-corrected chi connectivity index (χ3v) is 6.45. The second-order valence-electron chi connectivity index (χ2n) is 7.45. The smallest absolute Gasteiger partial charge is 0.144 e. The second-order valence-corrected chi connectivity index (χ2v) is 8.51. The summed E-state index contributed by atoms with van der Waals surface area (Å²) < 4.78 is 1.15. The average Bonchev–Trinajstić information content (AvgIpc) is 3.53. The fraction of sp³-hybridized carbons (Fsp3) is 0.130. The summed E-state index contributed by atoms with van der Waals surface area (Å²) in [5.74, 6) is 1.35. The van der Waals surface area contributed by atoms with Crippen LogP contribution in [0, 0.1) is 0 Å². The molecule has 146 valence electrons. The summed E-state index contributed by atoms with van der Waals surface area (Å²) in [4.78, 5) is 18.1. The molecule has 1 fully saturated rings. The topological polar surface area (TPSA) is 83.8 Å². The number of thiazole rings is 1. The molecule has 0 unspecified atom stereocenters. The zero-order valence-corrected chi connectivity index (χ0v) is 16.7. The summed E-state index contributed by atoms with van der Waals surface area (Å²) in [6.07, 6.45) is 7.56. The molecular formula is C23H17N5OS. The Labute approximate surface area is 176 Å². The molecule has 5 aromatic rings. The van der Waals surface area contributed by atoms with E-state index >= 15 is 0 Å². The maximum atomic E-state index is 10.5. The molecule has 1 aromatic carbocycles. The van der Waals surface area contributed by atoms with Gasteiger partial charge in [0.2, 0.25) is 0 Å². The van der Waals surface area contributed by atoms with E-state index in [-0.39, 0.29) is 5.75 Å². The van der Waals surface area contributed by atoms with Gasteiger partial charge in [0.05, 0.1) is 31.8 Å². The van der Waals surface area contributed by atoms with Gasteiger partial charge in [0.15, 0.2) is 0 Å². The number of nitrogens with zero attached hydrogens (tertiary/aromatic N) is 4. The number of hydrogen-bond donors (Lipinski definition) is 2. The van der Waals surface area contributed by atoms with Gasteiger partial charge in [-0.3, -0.25) is 9.97 Å². The summed E-state index contributed by atoms with van der Waals surface area (Å²) >= 11 is 1.76. The summed E-state index contributed by atoms with van der Waals surface area (Å²) in [7, 11) is 0. The third-order valence-electron chi connectivity index (χ3n) is 5.27. The molecule has 0 spiro atoms. The lowest BCUT2D eigenvalue weighted by molar-refractivity contribution is 0.481. The predicted octanol–water partition coefficient (Wildman–Crippen LogP) is 5.63. The van der Waals surface area contributed by atoms with Crippen molar-refractivity contribution in [2.45, 2.75) is 18.8 Å². The van der Waals surface area contributed by atoms with Crippen molar-refractivity contribution in [2.24, 2.45) is 0 Å². The van der Waals surface area contributed by atoms with Crippen LogP contribution in [0.2, 0.25) is 0 Å². The van der Waals surface area contributed by atoms with Gasteiger partial charge >= 0.3 is 0 Å². The van der Waals surface area contributed by atoms with E-state index in [4.69, 9.17) is 9.97 Å². The highest BCUT2D eigenvalue weighted by atomic mass is 32.1. The van der Waals surface area contributed by atoms with Crippen molar-refractivity contribution in [1.29, 1.82) is 0 Å². The fourth-order valence-corrected chi connectivity index (χ4v) is 4.76. The average molecular weight is 411 g/mol. The van der Waals surface area contributed by atoms with Gasteiger partial charge in [-0.15, -0.1) is 11.3 Å². The second kappa shape index (κ2) is 6.74. The highest BCUT2D eigenvalue weighted by Crippen LogP contribution is 2.43. The van der Waals surface area contributed by atoms with Crippen LogP contribution in [-0.2, 0) is 0 Å². The number of rotatable bonds is 4. The molecule has 0 bridgehead atoms. The van der Waals surface area contributed by atoms with Gasteiger partial charge < -0.3 is 10.4 Å². The minimum atomic E-state index is 0.145. The molecule has 7 heteroatoms. The number of hydrogen-bond acceptors (Lipinski definition) is 7. The number of nitrogens with one attached hydrogen (secondary N) is 1. The first-order valence-electron chi connectivity index (χ1n) is 9.81. The minimum absolute atomic E-state index is 0.145. The molecule has 6 nitrogen and oxygen atoms in total. The maximum absolute atomic E-state index is 10.5. The first kappa shape index (κ1) is 17.3. The third kappa shape index (κ3) is 3.04. The lowest BCUT2D eigenvalue weighted by Gasteiger charge is -2.12. The minimum Gasteiger partial charge on any atom is -0.507 e. The molecule has 0 saturated heterocycles. The number of aromatic hydroxyl groups is 1. The molecule has 1 aliphatic rings. The molecule has 0 aliphatic heterocycles. The number of anilines is 2. The first-order valence-corrected chi connectivity index (χ1v) is 10.6. The fourth-order valence-electron chi connectivity index (χ4n) is 3.58. The molecule has 0 radical (unpaired) electrons. The molecule has 4 heterocycles. The zero-order chi connectivity index (χ0) is 20.1. The van der Waals surface area contributed by atoms with E-state index in [9.17, 15) is 5.11 Å². The van der Waals surface area contributed by atoms with Gasteiger partial charge in [-0.05, 0) is 55.3 Å². The van der Waals surface area contributed by atoms with Gasteiger partial charge in [-0.2, -0.15) is 0 Å². The molecule has 2 N–H and O–H groups in total. The Balaban J connectivity index is 1.47. The number of aromatic nitrogens is 4. The van der Waals surface area contributed by atoms with E-state index in [2.05, 4.69) is 21.4 Å². The SMILES string of the molecule is Oc1ccnc2cc(-c3ccncc3)nc(Nc3ccc4nc(C5CC5)sc4c3)c12. The monoisotopic (exact) mass is 411 g/mol. The van der Waals surface area contributed by atoms with Gasteiger partial charge in [0.1, 0.15) is 11.6 Å². The summed E-state index contributed by atoms with van der Waals surface area (Å²) in [5.41, 5.74) is 4.31. The molecule has 0 atom stereocenters. The lowest BCUT2D eigenvalue weighted by atomic mass is 10.1. The number of fused-ring (bicyclic) bond motifs is 2. The van der Waals surface area contributed by atoms with Crippen LogP contribution in [0.3, 0.4) is 0 Å². The Bertz CT molecular complexity index is 1400. The summed E-state index contributed by atoms with van der Waals surface area (Å²) in [5, 5.41) is 15.7. The largest absolute Gasteiger partial charge is 0.507 e. The van der Waals surface area contributed by atoms with Crippen LogP contribution in [0.5, 0.6) is 5.75 Å². The Morgan fingerprint density at radius 2 is 1.80 bits per heavy atom. The van der Waals surface area contributed by atoms with Crippen LogP contribution < -0.4 is 5.32 Å². The van der Waals surface area contributed by atoms with Crippen LogP contribution in [-0.4, -0.2) is 25.0 Å². The molecule has 1 saturated carbocycles. The van der Waals surface area contributed by atoms with E-state index < -0.39 is 0 Å². The summed E-state index contributed by atoms with van der Waals surface area (Å²) in [6.45, 7) is 0. The molecule has 0 amide bonds.